The third-order valence-corrected chi connectivity index (χ3v) is 2.01. The van der Waals surface area contributed by atoms with Crippen LogP contribution in [0, 0.1) is 5.92 Å². The lowest BCUT2D eigenvalue weighted by atomic mass is 10.1. The average molecular weight is 232 g/mol. The molecule has 1 heterocycles. The normalized spacial score (nSPS) is 12.9. The first-order chi connectivity index (χ1) is 8.08. The molecule has 0 aliphatic carbocycles. The van der Waals surface area contributed by atoms with E-state index in [0.717, 1.165) is 0 Å². The van der Waals surface area contributed by atoms with Crippen molar-refractivity contribution in [1.29, 1.82) is 0 Å². The fourth-order valence-electron chi connectivity index (χ4n) is 1.33. The van der Waals surface area contributed by atoms with E-state index in [2.05, 4.69) is 11.7 Å². The third-order valence-electron chi connectivity index (χ3n) is 2.01. The molecule has 0 atom stereocenters. The Balaban J connectivity index is 3.19. The largest absolute Gasteiger partial charge is 0.506 e. The summed E-state index contributed by atoms with van der Waals surface area (Å²) in [5, 5.41) is 13.9. The van der Waals surface area contributed by atoms with Gasteiger partial charge in [0.1, 0.15) is 17.2 Å². The van der Waals surface area contributed by atoms with E-state index in [1.165, 1.54) is 16.8 Å². The van der Waals surface area contributed by atoms with Crippen molar-refractivity contribution in [1.82, 2.24) is 9.78 Å². The van der Waals surface area contributed by atoms with Gasteiger partial charge in [-0.1, -0.05) is 32.6 Å². The standard InChI is InChI=1S/C13H16N2O2/c1-4-5-13(17)12(8-10(2)3)15-7-6-11(9-16)14-15/h4-10,17H,1H2,2-3H3/b12-8+,13-5+. The van der Waals surface area contributed by atoms with E-state index in [1.54, 1.807) is 12.3 Å². The van der Waals surface area contributed by atoms with E-state index < -0.39 is 0 Å². The minimum Gasteiger partial charge on any atom is -0.506 e. The number of aliphatic hydroxyl groups is 1. The summed E-state index contributed by atoms with van der Waals surface area (Å²) in [5.41, 5.74) is 0.860. The van der Waals surface area contributed by atoms with E-state index in [-0.39, 0.29) is 11.7 Å². The molecule has 0 saturated heterocycles. The lowest BCUT2D eigenvalue weighted by Gasteiger charge is -2.08. The topological polar surface area (TPSA) is 55.1 Å². The molecule has 90 valence electrons. The average Bonchev–Trinajstić information content (AvgIpc) is 2.74. The Bertz CT molecular complexity index is 468. The quantitative estimate of drug-likeness (QED) is 0.482. The summed E-state index contributed by atoms with van der Waals surface area (Å²) in [6.45, 7) is 7.51. The molecule has 0 aliphatic heterocycles. The molecule has 1 rings (SSSR count). The maximum Gasteiger partial charge on any atom is 0.170 e. The lowest BCUT2D eigenvalue weighted by molar-refractivity contribution is 0.111. The second kappa shape index (κ2) is 5.84. The number of hydrogen-bond donors (Lipinski definition) is 1. The molecule has 0 amide bonds. The number of aldehydes is 1. The van der Waals surface area contributed by atoms with Gasteiger partial charge in [-0.25, -0.2) is 4.68 Å². The molecule has 17 heavy (non-hydrogen) atoms. The Morgan fingerprint density at radius 1 is 1.59 bits per heavy atom. The van der Waals surface area contributed by atoms with Gasteiger partial charge in [0.2, 0.25) is 0 Å². The maximum absolute atomic E-state index is 10.6. The predicted octanol–water partition coefficient (Wildman–Crippen LogP) is 2.82. The minimum absolute atomic E-state index is 0.0641. The molecular weight excluding hydrogens is 216 g/mol. The van der Waals surface area contributed by atoms with Crippen LogP contribution < -0.4 is 0 Å². The molecule has 1 aromatic rings. The molecule has 0 saturated carbocycles. The van der Waals surface area contributed by atoms with Crippen LogP contribution in [-0.2, 0) is 0 Å². The summed E-state index contributed by atoms with van der Waals surface area (Å²) in [7, 11) is 0. The Kier molecular flexibility index (Phi) is 4.46. The highest BCUT2D eigenvalue weighted by atomic mass is 16.3. The monoisotopic (exact) mass is 232 g/mol. The number of aliphatic hydroxyl groups excluding tert-OH is 1. The lowest BCUT2D eigenvalue weighted by Crippen LogP contribution is -2.03. The van der Waals surface area contributed by atoms with Crippen LogP contribution in [0.3, 0.4) is 0 Å². The smallest absolute Gasteiger partial charge is 0.170 e. The fourth-order valence-corrected chi connectivity index (χ4v) is 1.33. The van der Waals surface area contributed by atoms with Crippen LogP contribution in [0.4, 0.5) is 0 Å². The first kappa shape index (κ1) is 13.0. The van der Waals surface area contributed by atoms with Gasteiger partial charge < -0.3 is 5.11 Å². The van der Waals surface area contributed by atoms with Gasteiger partial charge in [0.05, 0.1) is 0 Å². The van der Waals surface area contributed by atoms with Crippen molar-refractivity contribution in [2.24, 2.45) is 5.92 Å². The molecule has 0 aromatic carbocycles. The van der Waals surface area contributed by atoms with Crippen LogP contribution in [0.5, 0.6) is 0 Å². The van der Waals surface area contributed by atoms with Crippen LogP contribution in [-0.4, -0.2) is 21.2 Å². The Morgan fingerprint density at radius 3 is 2.76 bits per heavy atom. The molecule has 4 nitrogen and oxygen atoms in total. The van der Waals surface area contributed by atoms with Crippen LogP contribution in [0.15, 0.2) is 42.8 Å². The number of allylic oxidation sites excluding steroid dienone is 4. The van der Waals surface area contributed by atoms with Crippen LogP contribution in [0.2, 0.25) is 0 Å². The fraction of sp³-hybridized carbons (Fsp3) is 0.231. The maximum atomic E-state index is 10.6. The third kappa shape index (κ3) is 3.45. The number of nitrogens with zero attached hydrogens (tertiary/aromatic N) is 2. The highest BCUT2D eigenvalue weighted by Gasteiger charge is 2.08. The summed E-state index contributed by atoms with van der Waals surface area (Å²) in [5.74, 6) is 0.309. The number of aromatic nitrogens is 2. The van der Waals surface area contributed by atoms with Gasteiger partial charge in [0.15, 0.2) is 6.29 Å². The van der Waals surface area contributed by atoms with Gasteiger partial charge in [-0.2, -0.15) is 5.10 Å². The summed E-state index contributed by atoms with van der Waals surface area (Å²) in [6.07, 6.45) is 7.13. The van der Waals surface area contributed by atoms with Crippen molar-refractivity contribution >= 4 is 12.0 Å². The predicted molar refractivity (Wildman–Crippen MR) is 67.6 cm³/mol. The Hall–Kier alpha value is -2.10. The first-order valence-electron chi connectivity index (χ1n) is 5.33. The Labute approximate surface area is 101 Å². The molecule has 1 aromatic heterocycles. The summed E-state index contributed by atoms with van der Waals surface area (Å²) in [4.78, 5) is 10.6. The zero-order chi connectivity index (χ0) is 12.8. The SMILES string of the molecule is C=C/C=C(O)\C(=C/C(C)C)n1ccc(C=O)n1. The zero-order valence-electron chi connectivity index (χ0n) is 10.00. The van der Waals surface area contributed by atoms with Gasteiger partial charge >= 0.3 is 0 Å². The number of carbonyl (C=O) groups is 1. The molecule has 0 radical (unpaired) electrons. The summed E-state index contributed by atoms with van der Waals surface area (Å²) < 4.78 is 1.47. The van der Waals surface area contributed by atoms with Crippen molar-refractivity contribution in [3.63, 3.8) is 0 Å². The van der Waals surface area contributed by atoms with Crippen molar-refractivity contribution in [2.45, 2.75) is 13.8 Å². The number of hydrogen-bond acceptors (Lipinski definition) is 3. The highest BCUT2D eigenvalue weighted by Crippen LogP contribution is 2.16. The van der Waals surface area contributed by atoms with Gasteiger partial charge in [-0.3, -0.25) is 4.79 Å². The Morgan fingerprint density at radius 2 is 2.29 bits per heavy atom. The highest BCUT2D eigenvalue weighted by molar-refractivity contribution is 5.72. The van der Waals surface area contributed by atoms with Gasteiger partial charge in [-0.15, -0.1) is 0 Å². The number of carbonyl (C=O) groups excluding carboxylic acids is 1. The van der Waals surface area contributed by atoms with Crippen LogP contribution >= 0.6 is 0 Å². The number of rotatable bonds is 5. The van der Waals surface area contributed by atoms with E-state index in [0.29, 0.717) is 17.7 Å². The van der Waals surface area contributed by atoms with Crippen LogP contribution in [0.1, 0.15) is 24.3 Å². The first-order valence-corrected chi connectivity index (χ1v) is 5.33. The van der Waals surface area contributed by atoms with Crippen molar-refractivity contribution < 1.29 is 9.90 Å². The molecule has 0 aliphatic rings. The summed E-state index contributed by atoms with van der Waals surface area (Å²) in [6, 6.07) is 1.59. The van der Waals surface area contributed by atoms with Crippen molar-refractivity contribution in [2.75, 3.05) is 0 Å². The molecular formula is C13H16N2O2. The second-order valence-electron chi connectivity index (χ2n) is 3.89. The molecule has 4 heteroatoms. The van der Waals surface area contributed by atoms with Crippen molar-refractivity contribution in [3.05, 3.63) is 48.5 Å². The zero-order valence-corrected chi connectivity index (χ0v) is 10.00. The second-order valence-corrected chi connectivity index (χ2v) is 3.89. The minimum atomic E-state index is 0.0641. The molecule has 0 fully saturated rings. The van der Waals surface area contributed by atoms with Gasteiger partial charge in [-0.05, 0) is 18.1 Å². The van der Waals surface area contributed by atoms with Crippen LogP contribution in [0.25, 0.3) is 5.70 Å². The van der Waals surface area contributed by atoms with Gasteiger partial charge in [0.25, 0.3) is 0 Å². The van der Waals surface area contributed by atoms with E-state index in [9.17, 15) is 9.90 Å². The molecule has 0 spiro atoms. The molecule has 0 bridgehead atoms. The van der Waals surface area contributed by atoms with Crippen molar-refractivity contribution in [3.8, 4) is 0 Å². The van der Waals surface area contributed by atoms with E-state index in [1.807, 2.05) is 19.9 Å². The summed E-state index contributed by atoms with van der Waals surface area (Å²) >= 11 is 0. The molecule has 1 N–H and O–H groups in total. The van der Waals surface area contributed by atoms with E-state index >= 15 is 0 Å². The van der Waals surface area contributed by atoms with Gasteiger partial charge in [0, 0.05) is 6.20 Å². The molecule has 0 unspecified atom stereocenters. The van der Waals surface area contributed by atoms with E-state index in [4.69, 9.17) is 0 Å².